The van der Waals surface area contributed by atoms with Gasteiger partial charge in [-0.05, 0) is 11.4 Å². The maximum absolute atomic E-state index is 11.1. The fourth-order valence-electron chi connectivity index (χ4n) is 0.837. The Morgan fingerprint density at radius 3 is 2.79 bits per heavy atom. The number of aliphatic hydroxyl groups is 1. The summed E-state index contributed by atoms with van der Waals surface area (Å²) in [6, 6.07) is 3.55. The first-order valence-corrected chi connectivity index (χ1v) is 4.70. The van der Waals surface area contributed by atoms with Crippen LogP contribution in [0.25, 0.3) is 0 Å². The summed E-state index contributed by atoms with van der Waals surface area (Å²) in [5.41, 5.74) is 0. The van der Waals surface area contributed by atoms with E-state index in [1.54, 1.807) is 12.1 Å². The molecule has 3 N–H and O–H groups in total. The molecule has 0 saturated carbocycles. The number of aliphatic hydroxyl groups excluding tert-OH is 1. The summed E-state index contributed by atoms with van der Waals surface area (Å²) in [5, 5.41) is 20.8. The van der Waals surface area contributed by atoms with Crippen molar-refractivity contribution in [3.8, 4) is 0 Å². The molecule has 76 valence electrons. The van der Waals surface area contributed by atoms with Crippen molar-refractivity contribution < 1.29 is 19.8 Å². The number of hydrogen-bond donors (Lipinski definition) is 3. The van der Waals surface area contributed by atoms with Crippen molar-refractivity contribution in [3.63, 3.8) is 0 Å². The first kappa shape index (κ1) is 10.7. The maximum Gasteiger partial charge on any atom is 0.353 e. The number of hydrogen-bond acceptors (Lipinski definition) is 4. The summed E-state index contributed by atoms with van der Waals surface area (Å²) in [7, 11) is 0. The van der Waals surface area contributed by atoms with Gasteiger partial charge in [-0.15, -0.1) is 11.3 Å². The van der Waals surface area contributed by atoms with Crippen LogP contribution >= 0.6 is 11.3 Å². The first-order valence-electron chi connectivity index (χ1n) is 3.82. The third-order valence-electron chi connectivity index (χ3n) is 1.45. The molecule has 6 heteroatoms. The van der Waals surface area contributed by atoms with Crippen molar-refractivity contribution in [3.05, 3.63) is 22.4 Å². The minimum absolute atomic E-state index is 0.0853. The van der Waals surface area contributed by atoms with E-state index in [0.29, 0.717) is 0 Å². The fraction of sp³-hybridized carbons (Fsp3) is 0.250. The Hall–Kier alpha value is -1.40. The topological polar surface area (TPSA) is 86.6 Å². The lowest BCUT2D eigenvalue weighted by Crippen LogP contribution is -2.41. The Morgan fingerprint density at radius 1 is 1.57 bits per heavy atom. The summed E-state index contributed by atoms with van der Waals surface area (Å²) >= 11 is 1.40. The monoisotopic (exact) mass is 215 g/mol. The van der Waals surface area contributed by atoms with Crippen LogP contribution in [0, 0.1) is 0 Å². The van der Waals surface area contributed by atoms with Crippen molar-refractivity contribution >= 4 is 23.2 Å². The number of amides is 1. The van der Waals surface area contributed by atoms with E-state index in [-0.39, 0.29) is 6.42 Å². The number of carbonyl (C=O) groups is 2. The van der Waals surface area contributed by atoms with Gasteiger partial charge in [0.1, 0.15) is 0 Å². The van der Waals surface area contributed by atoms with E-state index in [2.05, 4.69) is 0 Å². The molecule has 5 nitrogen and oxygen atoms in total. The molecule has 14 heavy (non-hydrogen) atoms. The van der Waals surface area contributed by atoms with Crippen LogP contribution in [0.5, 0.6) is 0 Å². The number of carboxylic acids is 1. The molecule has 0 bridgehead atoms. The van der Waals surface area contributed by atoms with Gasteiger partial charge in [-0.2, -0.15) is 0 Å². The van der Waals surface area contributed by atoms with E-state index in [1.165, 1.54) is 11.3 Å². The Kier molecular flexibility index (Phi) is 3.61. The van der Waals surface area contributed by atoms with Gasteiger partial charge in [-0.25, -0.2) is 4.79 Å². The van der Waals surface area contributed by atoms with E-state index >= 15 is 0 Å². The Labute approximate surface area is 84.0 Å². The van der Waals surface area contributed by atoms with Crippen LogP contribution in [-0.2, 0) is 16.0 Å². The van der Waals surface area contributed by atoms with Crippen LogP contribution < -0.4 is 5.32 Å². The zero-order valence-electron chi connectivity index (χ0n) is 7.14. The number of aliphatic carboxylic acids is 1. The van der Waals surface area contributed by atoms with E-state index < -0.39 is 18.1 Å². The summed E-state index contributed by atoms with van der Waals surface area (Å²) in [6.07, 6.45) is -1.75. The number of carboxylic acid groups (broad SMARTS) is 1. The second-order valence-corrected chi connectivity index (χ2v) is 3.60. The number of carbonyl (C=O) groups excluding carboxylic acids is 1. The van der Waals surface area contributed by atoms with Crippen LogP contribution in [0.4, 0.5) is 0 Å². The highest BCUT2D eigenvalue weighted by Crippen LogP contribution is 2.08. The van der Waals surface area contributed by atoms with Crippen LogP contribution in [0.15, 0.2) is 17.5 Å². The quantitative estimate of drug-likeness (QED) is 0.607. The van der Waals surface area contributed by atoms with Gasteiger partial charge < -0.3 is 15.5 Å². The molecule has 0 fully saturated rings. The van der Waals surface area contributed by atoms with Crippen molar-refractivity contribution in [2.75, 3.05) is 0 Å². The third kappa shape index (κ3) is 3.15. The zero-order valence-corrected chi connectivity index (χ0v) is 7.95. The smallest absolute Gasteiger partial charge is 0.353 e. The molecule has 1 aromatic rings. The summed E-state index contributed by atoms with van der Waals surface area (Å²) in [4.78, 5) is 22.1. The zero-order chi connectivity index (χ0) is 10.6. The lowest BCUT2D eigenvalue weighted by Gasteiger charge is -2.06. The van der Waals surface area contributed by atoms with Crippen molar-refractivity contribution in [1.82, 2.24) is 5.32 Å². The van der Waals surface area contributed by atoms with Crippen molar-refractivity contribution in [2.24, 2.45) is 0 Å². The molecule has 0 aliphatic rings. The molecule has 1 amide bonds. The number of rotatable bonds is 4. The van der Waals surface area contributed by atoms with E-state index in [4.69, 9.17) is 10.2 Å². The van der Waals surface area contributed by atoms with Crippen LogP contribution in [0.3, 0.4) is 0 Å². The fourth-order valence-corrected chi connectivity index (χ4v) is 1.54. The molecule has 1 rings (SSSR count). The van der Waals surface area contributed by atoms with Gasteiger partial charge in [0.05, 0.1) is 6.42 Å². The van der Waals surface area contributed by atoms with Crippen molar-refractivity contribution in [2.45, 2.75) is 12.6 Å². The second kappa shape index (κ2) is 4.73. The molecule has 1 atom stereocenters. The summed E-state index contributed by atoms with van der Waals surface area (Å²) < 4.78 is 0. The minimum atomic E-state index is -1.83. The van der Waals surface area contributed by atoms with Gasteiger partial charge in [0.2, 0.25) is 12.1 Å². The molecule has 0 radical (unpaired) electrons. The Balaban J connectivity index is 2.40. The standard InChI is InChI=1S/C8H9NO4S/c10-6(9-7(11)8(12)13)4-5-2-1-3-14-5/h1-3,7,11H,4H2,(H,9,10)(H,12,13). The van der Waals surface area contributed by atoms with Crippen LogP contribution in [0.1, 0.15) is 4.88 Å². The number of thiophene rings is 1. The molecule has 1 heterocycles. The maximum atomic E-state index is 11.1. The molecule has 0 aliphatic heterocycles. The first-order chi connectivity index (χ1) is 6.59. The van der Waals surface area contributed by atoms with E-state index in [1.807, 2.05) is 10.7 Å². The van der Waals surface area contributed by atoms with Crippen LogP contribution in [0.2, 0.25) is 0 Å². The third-order valence-corrected chi connectivity index (χ3v) is 2.32. The SMILES string of the molecule is O=C(Cc1cccs1)NC(O)C(=O)O. The molecular formula is C8H9NO4S. The lowest BCUT2D eigenvalue weighted by atomic mass is 10.3. The molecule has 0 aromatic carbocycles. The normalized spacial score (nSPS) is 12.1. The molecule has 0 aliphatic carbocycles. The van der Waals surface area contributed by atoms with E-state index in [9.17, 15) is 9.59 Å². The largest absolute Gasteiger partial charge is 0.478 e. The highest BCUT2D eigenvalue weighted by atomic mass is 32.1. The molecule has 0 saturated heterocycles. The van der Waals surface area contributed by atoms with Gasteiger partial charge in [-0.1, -0.05) is 6.07 Å². The summed E-state index contributed by atoms with van der Waals surface area (Å²) in [6.45, 7) is 0. The van der Waals surface area contributed by atoms with Crippen LogP contribution in [-0.4, -0.2) is 28.3 Å². The highest BCUT2D eigenvalue weighted by molar-refractivity contribution is 7.10. The van der Waals surface area contributed by atoms with E-state index in [0.717, 1.165) is 4.88 Å². The molecule has 1 aromatic heterocycles. The predicted molar refractivity (Wildman–Crippen MR) is 49.8 cm³/mol. The van der Waals surface area contributed by atoms with Gasteiger partial charge in [0.15, 0.2) is 0 Å². The minimum Gasteiger partial charge on any atom is -0.478 e. The number of nitrogens with one attached hydrogen (secondary N) is 1. The van der Waals surface area contributed by atoms with Gasteiger partial charge in [0, 0.05) is 4.88 Å². The molecule has 0 spiro atoms. The Morgan fingerprint density at radius 2 is 2.29 bits per heavy atom. The van der Waals surface area contributed by atoms with Gasteiger partial charge >= 0.3 is 5.97 Å². The second-order valence-electron chi connectivity index (χ2n) is 2.56. The lowest BCUT2D eigenvalue weighted by molar-refractivity contribution is -0.151. The van der Waals surface area contributed by atoms with Gasteiger partial charge in [0.25, 0.3) is 0 Å². The average molecular weight is 215 g/mol. The summed E-state index contributed by atoms with van der Waals surface area (Å²) in [5.74, 6) is -1.98. The molecular weight excluding hydrogens is 206 g/mol. The van der Waals surface area contributed by atoms with Crippen molar-refractivity contribution in [1.29, 1.82) is 0 Å². The Bertz CT molecular complexity index is 322. The predicted octanol–water partition coefficient (Wildman–Crippen LogP) is -0.190. The molecule has 1 unspecified atom stereocenters. The highest BCUT2D eigenvalue weighted by Gasteiger charge is 2.15. The average Bonchev–Trinajstić information content (AvgIpc) is 2.56. The van der Waals surface area contributed by atoms with Gasteiger partial charge in [-0.3, -0.25) is 4.79 Å².